The van der Waals surface area contributed by atoms with Gasteiger partial charge in [0.2, 0.25) is 0 Å². The molecule has 5 heteroatoms. The van der Waals surface area contributed by atoms with Crippen LogP contribution in [0.4, 0.5) is 0 Å². The van der Waals surface area contributed by atoms with Gasteiger partial charge in [0, 0.05) is 18.1 Å². The van der Waals surface area contributed by atoms with Crippen molar-refractivity contribution in [1.29, 1.82) is 0 Å². The highest BCUT2D eigenvalue weighted by molar-refractivity contribution is 5.97. The van der Waals surface area contributed by atoms with Crippen LogP contribution in [0.2, 0.25) is 0 Å². The standard InChI is InChI=1S/C15H20N2O2.ClH/c1-19-14-5-3-2-4-13(14)15(18)17-12-8-10-6-7-11(9-12)16-10;/h2-5,10-12,16H,6-9H2,1H3,(H,17,18);1H. The molecule has 0 saturated carbocycles. The Balaban J connectivity index is 0.00000147. The third-order valence-corrected chi connectivity index (χ3v) is 4.16. The van der Waals surface area contributed by atoms with Crippen LogP contribution in [-0.2, 0) is 0 Å². The first-order valence-electron chi connectivity index (χ1n) is 6.96. The second-order valence-corrected chi connectivity index (χ2v) is 5.48. The Morgan fingerprint density at radius 1 is 1.25 bits per heavy atom. The number of rotatable bonds is 3. The van der Waals surface area contributed by atoms with E-state index in [1.165, 1.54) is 12.8 Å². The predicted octanol–water partition coefficient (Wildman–Crippen LogP) is 2.13. The quantitative estimate of drug-likeness (QED) is 0.898. The first-order valence-corrected chi connectivity index (χ1v) is 6.96. The molecule has 3 rings (SSSR count). The zero-order valence-corrected chi connectivity index (χ0v) is 12.4. The van der Waals surface area contributed by atoms with Crippen LogP contribution in [0.25, 0.3) is 0 Å². The van der Waals surface area contributed by atoms with E-state index in [0.717, 1.165) is 12.8 Å². The molecular formula is C15H21ClN2O2. The first kappa shape index (κ1) is 15.1. The minimum Gasteiger partial charge on any atom is -0.496 e. The van der Waals surface area contributed by atoms with Crippen LogP contribution in [0.5, 0.6) is 5.75 Å². The maximum absolute atomic E-state index is 12.3. The lowest BCUT2D eigenvalue weighted by Crippen LogP contribution is -2.48. The Labute approximate surface area is 125 Å². The van der Waals surface area contributed by atoms with E-state index in [1.54, 1.807) is 7.11 Å². The number of halogens is 1. The molecule has 1 amide bonds. The van der Waals surface area contributed by atoms with Gasteiger partial charge in [0.25, 0.3) is 5.91 Å². The highest BCUT2D eigenvalue weighted by Gasteiger charge is 2.34. The minimum atomic E-state index is -0.0243. The summed E-state index contributed by atoms with van der Waals surface area (Å²) in [4.78, 5) is 12.3. The van der Waals surface area contributed by atoms with Gasteiger partial charge < -0.3 is 15.4 Å². The van der Waals surface area contributed by atoms with Crippen LogP contribution in [0.1, 0.15) is 36.0 Å². The predicted molar refractivity (Wildman–Crippen MR) is 80.7 cm³/mol. The van der Waals surface area contributed by atoms with Gasteiger partial charge in [0.15, 0.2) is 0 Å². The molecule has 1 aromatic rings. The summed E-state index contributed by atoms with van der Waals surface area (Å²) in [5.41, 5.74) is 0.621. The van der Waals surface area contributed by atoms with Gasteiger partial charge in [0.05, 0.1) is 12.7 Å². The Bertz CT molecular complexity index is 469. The molecule has 2 saturated heterocycles. The monoisotopic (exact) mass is 296 g/mol. The maximum Gasteiger partial charge on any atom is 0.255 e. The Kier molecular flexibility index (Phi) is 4.89. The summed E-state index contributed by atoms with van der Waals surface area (Å²) in [6, 6.07) is 8.83. The molecule has 0 aliphatic carbocycles. The highest BCUT2D eigenvalue weighted by Crippen LogP contribution is 2.27. The van der Waals surface area contributed by atoms with Crippen molar-refractivity contribution in [2.75, 3.05) is 7.11 Å². The van der Waals surface area contributed by atoms with Crippen LogP contribution in [0.15, 0.2) is 24.3 Å². The lowest BCUT2D eigenvalue weighted by molar-refractivity contribution is 0.0921. The molecule has 0 spiro atoms. The first-order chi connectivity index (χ1) is 9.26. The fourth-order valence-corrected chi connectivity index (χ4v) is 3.27. The summed E-state index contributed by atoms with van der Waals surface area (Å²) in [6.45, 7) is 0. The normalized spacial score (nSPS) is 27.6. The molecule has 2 N–H and O–H groups in total. The fourth-order valence-electron chi connectivity index (χ4n) is 3.27. The van der Waals surface area contributed by atoms with Crippen LogP contribution in [0.3, 0.4) is 0 Å². The van der Waals surface area contributed by atoms with Gasteiger partial charge in [-0.15, -0.1) is 12.4 Å². The number of hydrogen-bond donors (Lipinski definition) is 2. The number of methoxy groups -OCH3 is 1. The minimum absolute atomic E-state index is 0. The second-order valence-electron chi connectivity index (χ2n) is 5.48. The van der Waals surface area contributed by atoms with E-state index in [4.69, 9.17) is 4.74 Å². The molecule has 2 atom stereocenters. The summed E-state index contributed by atoms with van der Waals surface area (Å²) in [6.07, 6.45) is 4.56. The number of ether oxygens (including phenoxy) is 1. The van der Waals surface area contributed by atoms with Gasteiger partial charge in [-0.25, -0.2) is 0 Å². The topological polar surface area (TPSA) is 50.4 Å². The van der Waals surface area contributed by atoms with Crippen LogP contribution < -0.4 is 15.4 Å². The number of amides is 1. The van der Waals surface area contributed by atoms with Gasteiger partial charge in [0.1, 0.15) is 5.75 Å². The average Bonchev–Trinajstić information content (AvgIpc) is 2.78. The molecule has 20 heavy (non-hydrogen) atoms. The number of piperidine rings is 1. The van der Waals surface area contributed by atoms with Crippen molar-refractivity contribution in [2.24, 2.45) is 0 Å². The Morgan fingerprint density at radius 2 is 1.90 bits per heavy atom. The van der Waals surface area contributed by atoms with E-state index in [-0.39, 0.29) is 24.4 Å². The van der Waals surface area contributed by atoms with E-state index in [1.807, 2.05) is 24.3 Å². The molecule has 2 aliphatic rings. The van der Waals surface area contributed by atoms with Crippen molar-refractivity contribution < 1.29 is 9.53 Å². The molecule has 110 valence electrons. The van der Waals surface area contributed by atoms with E-state index in [2.05, 4.69) is 10.6 Å². The van der Waals surface area contributed by atoms with Gasteiger partial charge in [-0.1, -0.05) is 12.1 Å². The third kappa shape index (κ3) is 3.07. The largest absolute Gasteiger partial charge is 0.496 e. The van der Waals surface area contributed by atoms with E-state index < -0.39 is 0 Å². The van der Waals surface area contributed by atoms with Crippen molar-refractivity contribution in [3.63, 3.8) is 0 Å². The van der Waals surface area contributed by atoms with E-state index in [9.17, 15) is 4.79 Å². The molecule has 2 bridgehead atoms. The van der Waals surface area contributed by atoms with E-state index >= 15 is 0 Å². The van der Waals surface area contributed by atoms with Gasteiger partial charge in [-0.05, 0) is 37.8 Å². The number of carbonyl (C=O) groups is 1. The van der Waals surface area contributed by atoms with Crippen molar-refractivity contribution in [3.8, 4) is 5.75 Å². The zero-order valence-electron chi connectivity index (χ0n) is 11.6. The van der Waals surface area contributed by atoms with E-state index in [0.29, 0.717) is 23.4 Å². The lowest BCUT2D eigenvalue weighted by atomic mass is 9.99. The molecule has 1 aromatic carbocycles. The number of benzene rings is 1. The summed E-state index contributed by atoms with van der Waals surface area (Å²) in [5, 5.41) is 6.73. The molecular weight excluding hydrogens is 276 g/mol. The summed E-state index contributed by atoms with van der Waals surface area (Å²) in [5.74, 6) is 0.612. The number of fused-ring (bicyclic) bond motifs is 2. The molecule has 0 aromatic heterocycles. The maximum atomic E-state index is 12.3. The summed E-state index contributed by atoms with van der Waals surface area (Å²) in [7, 11) is 1.59. The van der Waals surface area contributed by atoms with Gasteiger partial charge in [-0.2, -0.15) is 0 Å². The zero-order chi connectivity index (χ0) is 13.2. The molecule has 2 aliphatic heterocycles. The van der Waals surface area contributed by atoms with Crippen molar-refractivity contribution >= 4 is 18.3 Å². The van der Waals surface area contributed by atoms with Crippen molar-refractivity contribution in [3.05, 3.63) is 29.8 Å². The number of nitrogens with one attached hydrogen (secondary N) is 2. The van der Waals surface area contributed by atoms with Gasteiger partial charge in [-0.3, -0.25) is 4.79 Å². The van der Waals surface area contributed by atoms with Crippen molar-refractivity contribution in [2.45, 2.75) is 43.8 Å². The van der Waals surface area contributed by atoms with Crippen molar-refractivity contribution in [1.82, 2.24) is 10.6 Å². The fraction of sp³-hybridized carbons (Fsp3) is 0.533. The lowest BCUT2D eigenvalue weighted by Gasteiger charge is -2.29. The Hall–Kier alpha value is -1.26. The molecule has 2 unspecified atom stereocenters. The number of para-hydroxylation sites is 1. The summed E-state index contributed by atoms with van der Waals surface area (Å²) >= 11 is 0. The van der Waals surface area contributed by atoms with Crippen LogP contribution in [0, 0.1) is 0 Å². The highest BCUT2D eigenvalue weighted by atomic mass is 35.5. The molecule has 4 nitrogen and oxygen atoms in total. The number of hydrogen-bond acceptors (Lipinski definition) is 3. The molecule has 2 fully saturated rings. The average molecular weight is 297 g/mol. The van der Waals surface area contributed by atoms with Crippen LogP contribution >= 0.6 is 12.4 Å². The van der Waals surface area contributed by atoms with Gasteiger partial charge >= 0.3 is 0 Å². The Morgan fingerprint density at radius 3 is 2.55 bits per heavy atom. The smallest absolute Gasteiger partial charge is 0.255 e. The SMILES string of the molecule is COc1ccccc1C(=O)NC1CC2CCC(C1)N2.Cl. The molecule has 2 heterocycles. The third-order valence-electron chi connectivity index (χ3n) is 4.16. The second kappa shape index (κ2) is 6.46. The molecule has 0 radical (unpaired) electrons. The number of carbonyl (C=O) groups excluding carboxylic acids is 1. The van der Waals surface area contributed by atoms with Crippen LogP contribution in [-0.4, -0.2) is 31.1 Å². The summed E-state index contributed by atoms with van der Waals surface area (Å²) < 4.78 is 5.24.